The summed E-state index contributed by atoms with van der Waals surface area (Å²) in [5.41, 5.74) is 0.117. The van der Waals surface area contributed by atoms with Gasteiger partial charge in [-0.15, -0.1) is 0 Å². The van der Waals surface area contributed by atoms with Crippen LogP contribution in [0.4, 0.5) is 0 Å². The first kappa shape index (κ1) is 17.7. The summed E-state index contributed by atoms with van der Waals surface area (Å²) in [7, 11) is -3.57. The lowest BCUT2D eigenvalue weighted by Gasteiger charge is -2.34. The van der Waals surface area contributed by atoms with Crippen LogP contribution in [0, 0.1) is 0 Å². The Balaban J connectivity index is 1.72. The van der Waals surface area contributed by atoms with Crippen molar-refractivity contribution < 1.29 is 18.3 Å². The van der Waals surface area contributed by atoms with E-state index in [1.165, 1.54) is 27.4 Å². The van der Waals surface area contributed by atoms with Crippen molar-refractivity contribution in [2.45, 2.75) is 4.90 Å². The van der Waals surface area contributed by atoms with Crippen LogP contribution in [0.25, 0.3) is 0 Å². The minimum absolute atomic E-state index is 0.117. The normalized spacial score (nSPS) is 16.0. The zero-order valence-corrected chi connectivity index (χ0v) is 14.9. The third kappa shape index (κ3) is 3.63. The van der Waals surface area contributed by atoms with E-state index in [-0.39, 0.29) is 48.3 Å². The number of hydrogen-bond acceptors (Lipinski definition) is 4. The van der Waals surface area contributed by atoms with Crippen molar-refractivity contribution in [1.82, 2.24) is 9.21 Å². The summed E-state index contributed by atoms with van der Waals surface area (Å²) in [6, 6.07) is 12.5. The molecule has 0 unspecified atom stereocenters. The van der Waals surface area contributed by atoms with E-state index in [0.29, 0.717) is 5.02 Å². The van der Waals surface area contributed by atoms with Gasteiger partial charge < -0.3 is 10.0 Å². The number of hydrogen-bond donors (Lipinski definition) is 1. The maximum absolute atomic E-state index is 12.6. The van der Waals surface area contributed by atoms with E-state index in [1.54, 1.807) is 30.3 Å². The Labute approximate surface area is 151 Å². The summed E-state index contributed by atoms with van der Waals surface area (Å²) in [5.74, 6) is -0.509. The van der Waals surface area contributed by atoms with Gasteiger partial charge in [-0.25, -0.2) is 8.42 Å². The van der Waals surface area contributed by atoms with Crippen LogP contribution in [0.15, 0.2) is 53.4 Å². The van der Waals surface area contributed by atoms with Crippen LogP contribution in [-0.2, 0) is 10.0 Å². The molecular formula is C17H17ClN2O4S. The summed E-state index contributed by atoms with van der Waals surface area (Å²) < 4.78 is 26.6. The minimum Gasteiger partial charge on any atom is -0.507 e. The van der Waals surface area contributed by atoms with E-state index in [9.17, 15) is 18.3 Å². The maximum Gasteiger partial charge on any atom is 0.257 e. The fourth-order valence-corrected chi connectivity index (χ4v) is 4.34. The van der Waals surface area contributed by atoms with Crippen LogP contribution in [-0.4, -0.2) is 54.8 Å². The number of aromatic hydroxyl groups is 1. The highest BCUT2D eigenvalue weighted by molar-refractivity contribution is 7.89. The summed E-state index contributed by atoms with van der Waals surface area (Å²) in [5, 5.41) is 10.2. The Morgan fingerprint density at radius 3 is 2.28 bits per heavy atom. The first-order chi connectivity index (χ1) is 11.9. The predicted molar refractivity (Wildman–Crippen MR) is 94.2 cm³/mol. The highest BCUT2D eigenvalue weighted by atomic mass is 35.5. The molecule has 1 heterocycles. The molecule has 0 aliphatic carbocycles. The van der Waals surface area contributed by atoms with E-state index in [0.717, 1.165) is 0 Å². The average molecular weight is 381 g/mol. The quantitative estimate of drug-likeness (QED) is 0.885. The van der Waals surface area contributed by atoms with Gasteiger partial charge in [0.2, 0.25) is 10.0 Å². The molecule has 1 N–H and O–H groups in total. The molecule has 1 aliphatic rings. The van der Waals surface area contributed by atoms with Crippen molar-refractivity contribution >= 4 is 27.5 Å². The molecular weight excluding hydrogens is 364 g/mol. The number of carbonyl (C=O) groups excluding carboxylic acids is 1. The number of amides is 1. The van der Waals surface area contributed by atoms with Crippen LogP contribution in [0.5, 0.6) is 5.75 Å². The highest BCUT2D eigenvalue weighted by Gasteiger charge is 2.31. The molecule has 1 fully saturated rings. The van der Waals surface area contributed by atoms with Crippen LogP contribution in [0.1, 0.15) is 10.4 Å². The fourth-order valence-electron chi connectivity index (χ4n) is 2.72. The zero-order valence-electron chi connectivity index (χ0n) is 13.3. The number of sulfonamides is 1. The van der Waals surface area contributed by atoms with Crippen molar-refractivity contribution in [3.63, 3.8) is 0 Å². The number of phenols is 1. The molecule has 2 aromatic carbocycles. The number of phenolic OH excluding ortho intramolecular Hbond substituents is 1. The van der Waals surface area contributed by atoms with Gasteiger partial charge in [0.05, 0.1) is 10.5 Å². The fraction of sp³-hybridized carbons (Fsp3) is 0.235. The lowest BCUT2D eigenvalue weighted by molar-refractivity contribution is 0.0695. The second kappa shape index (κ2) is 7.03. The van der Waals surface area contributed by atoms with E-state index >= 15 is 0 Å². The number of halogens is 1. The number of benzene rings is 2. The van der Waals surface area contributed by atoms with E-state index in [1.807, 2.05) is 0 Å². The first-order valence-corrected chi connectivity index (χ1v) is 9.54. The molecule has 1 saturated heterocycles. The monoisotopic (exact) mass is 380 g/mol. The molecule has 0 saturated carbocycles. The summed E-state index contributed by atoms with van der Waals surface area (Å²) in [6.07, 6.45) is 0. The summed E-state index contributed by atoms with van der Waals surface area (Å²) >= 11 is 5.88. The van der Waals surface area contributed by atoms with Gasteiger partial charge in [-0.2, -0.15) is 4.31 Å². The van der Waals surface area contributed by atoms with Crippen LogP contribution in [0.3, 0.4) is 0 Å². The first-order valence-electron chi connectivity index (χ1n) is 7.72. The largest absolute Gasteiger partial charge is 0.507 e. The van der Waals surface area contributed by atoms with Gasteiger partial charge in [0, 0.05) is 31.2 Å². The highest BCUT2D eigenvalue weighted by Crippen LogP contribution is 2.24. The van der Waals surface area contributed by atoms with Gasteiger partial charge in [0.1, 0.15) is 5.75 Å². The Hall–Kier alpha value is -2.09. The maximum atomic E-state index is 12.6. The van der Waals surface area contributed by atoms with Crippen LogP contribution < -0.4 is 0 Å². The second-order valence-electron chi connectivity index (χ2n) is 5.67. The molecule has 8 heteroatoms. The molecule has 0 radical (unpaired) electrons. The molecule has 25 heavy (non-hydrogen) atoms. The Kier molecular flexibility index (Phi) is 4.99. The minimum atomic E-state index is -3.57. The standard InChI is InChI=1S/C17H17ClN2O4S/c18-13-6-7-16(21)15(12-13)17(22)19-8-10-20(11-9-19)25(23,24)14-4-2-1-3-5-14/h1-7,12,21H,8-11H2. The lowest BCUT2D eigenvalue weighted by Crippen LogP contribution is -2.50. The second-order valence-corrected chi connectivity index (χ2v) is 8.05. The van der Waals surface area contributed by atoms with E-state index < -0.39 is 10.0 Å². The van der Waals surface area contributed by atoms with E-state index in [4.69, 9.17) is 11.6 Å². The summed E-state index contributed by atoms with van der Waals surface area (Å²) in [4.78, 5) is 14.3. The predicted octanol–water partition coefficient (Wildman–Crippen LogP) is 2.19. The lowest BCUT2D eigenvalue weighted by atomic mass is 10.1. The molecule has 2 aromatic rings. The topological polar surface area (TPSA) is 77.9 Å². The average Bonchev–Trinajstić information content (AvgIpc) is 2.64. The number of rotatable bonds is 3. The van der Waals surface area contributed by atoms with Gasteiger partial charge in [-0.3, -0.25) is 4.79 Å². The number of nitrogens with zero attached hydrogens (tertiary/aromatic N) is 2. The molecule has 0 aromatic heterocycles. The Bertz CT molecular complexity index is 879. The van der Waals surface area contributed by atoms with Gasteiger partial charge in [-0.05, 0) is 30.3 Å². The molecule has 0 bridgehead atoms. The Morgan fingerprint density at radius 1 is 1.00 bits per heavy atom. The third-order valence-corrected chi connectivity index (χ3v) is 6.24. The zero-order chi connectivity index (χ0) is 18.0. The molecule has 1 aliphatic heterocycles. The van der Waals surface area contributed by atoms with Gasteiger partial charge in [0.15, 0.2) is 0 Å². The third-order valence-electron chi connectivity index (χ3n) is 4.10. The molecule has 0 spiro atoms. The van der Waals surface area contributed by atoms with Gasteiger partial charge in [0.25, 0.3) is 5.91 Å². The molecule has 1 amide bonds. The smallest absolute Gasteiger partial charge is 0.257 e. The molecule has 3 rings (SSSR count). The summed E-state index contributed by atoms with van der Waals surface area (Å²) in [6.45, 7) is 0.891. The molecule has 0 atom stereocenters. The van der Waals surface area contributed by atoms with Crippen LogP contribution in [0.2, 0.25) is 5.02 Å². The van der Waals surface area contributed by atoms with Crippen molar-refractivity contribution in [1.29, 1.82) is 0 Å². The van der Waals surface area contributed by atoms with E-state index in [2.05, 4.69) is 0 Å². The van der Waals surface area contributed by atoms with Crippen molar-refractivity contribution in [3.05, 3.63) is 59.1 Å². The SMILES string of the molecule is O=C(c1cc(Cl)ccc1O)N1CCN(S(=O)(=O)c2ccccc2)CC1. The van der Waals surface area contributed by atoms with Crippen LogP contribution >= 0.6 is 11.6 Å². The molecule has 132 valence electrons. The van der Waals surface area contributed by atoms with Gasteiger partial charge >= 0.3 is 0 Å². The van der Waals surface area contributed by atoms with Crippen molar-refractivity contribution in [3.8, 4) is 5.75 Å². The molecule has 6 nitrogen and oxygen atoms in total. The van der Waals surface area contributed by atoms with Crippen molar-refractivity contribution in [2.24, 2.45) is 0 Å². The Morgan fingerprint density at radius 2 is 1.64 bits per heavy atom. The van der Waals surface area contributed by atoms with Gasteiger partial charge in [-0.1, -0.05) is 29.8 Å². The number of carbonyl (C=O) groups is 1. The van der Waals surface area contributed by atoms with Crippen molar-refractivity contribution in [2.75, 3.05) is 26.2 Å². The number of piperazine rings is 1.